The summed E-state index contributed by atoms with van der Waals surface area (Å²) in [6, 6.07) is 14.4. The molecule has 1 aliphatic rings. The third-order valence-corrected chi connectivity index (χ3v) is 4.17. The normalized spacial score (nSPS) is 17.4. The number of nitrogens with two attached hydrogens (primary N) is 1. The zero-order valence-electron chi connectivity index (χ0n) is 10.4. The summed E-state index contributed by atoms with van der Waals surface area (Å²) in [6.45, 7) is 0.750. The van der Waals surface area contributed by atoms with Crippen LogP contribution < -0.4 is 15.8 Å². The van der Waals surface area contributed by atoms with Gasteiger partial charge in [0.25, 0.3) is 0 Å². The monoisotopic (exact) mass is 366 g/mol. The van der Waals surface area contributed by atoms with Crippen molar-refractivity contribution in [3.05, 3.63) is 51.6 Å². The van der Waals surface area contributed by atoms with Crippen LogP contribution in [-0.2, 0) is 0 Å². The Balaban J connectivity index is 1.88. The molecule has 1 unspecified atom stereocenters. The topological polar surface area (TPSA) is 47.3 Å². The molecular formula is C15H15IN2O. The summed E-state index contributed by atoms with van der Waals surface area (Å²) in [5.41, 5.74) is 8.92. The van der Waals surface area contributed by atoms with E-state index < -0.39 is 0 Å². The molecule has 0 saturated carbocycles. The second-order valence-electron chi connectivity index (χ2n) is 4.61. The van der Waals surface area contributed by atoms with Gasteiger partial charge in [0.05, 0.1) is 12.6 Å². The fourth-order valence-corrected chi connectivity index (χ4v) is 3.02. The number of ether oxygens (including phenoxy) is 1. The van der Waals surface area contributed by atoms with Crippen LogP contribution in [-0.4, -0.2) is 6.61 Å². The second-order valence-corrected chi connectivity index (χ2v) is 5.77. The lowest BCUT2D eigenvalue weighted by Gasteiger charge is -2.27. The summed E-state index contributed by atoms with van der Waals surface area (Å²) in [7, 11) is 0. The van der Waals surface area contributed by atoms with Gasteiger partial charge in [-0.25, -0.2) is 0 Å². The van der Waals surface area contributed by atoms with Crippen molar-refractivity contribution in [2.24, 2.45) is 0 Å². The molecule has 2 aromatic carbocycles. The molecule has 0 spiro atoms. The number of rotatable bonds is 2. The standard InChI is InChI=1S/C15H15IN2O/c16-12-9-10(17)5-6-14(12)18-13-7-8-19-15-4-2-1-3-11(13)15/h1-6,9,13,18H,7-8,17H2. The van der Waals surface area contributed by atoms with Gasteiger partial charge in [-0.15, -0.1) is 0 Å². The van der Waals surface area contributed by atoms with Crippen LogP contribution in [0.25, 0.3) is 0 Å². The van der Waals surface area contributed by atoms with E-state index >= 15 is 0 Å². The van der Waals surface area contributed by atoms with Crippen molar-refractivity contribution in [2.45, 2.75) is 12.5 Å². The maximum absolute atomic E-state index is 5.78. The predicted octanol–water partition coefficient (Wildman–Crippen LogP) is 3.81. The highest BCUT2D eigenvalue weighted by atomic mass is 127. The summed E-state index contributed by atoms with van der Waals surface area (Å²) < 4.78 is 6.82. The van der Waals surface area contributed by atoms with Gasteiger partial charge in [0.15, 0.2) is 0 Å². The van der Waals surface area contributed by atoms with E-state index in [9.17, 15) is 0 Å². The first kappa shape index (κ1) is 12.6. The Morgan fingerprint density at radius 2 is 2.05 bits per heavy atom. The first-order valence-corrected chi connectivity index (χ1v) is 7.35. The molecule has 3 N–H and O–H groups in total. The lowest BCUT2D eigenvalue weighted by Crippen LogP contribution is -2.20. The number of benzene rings is 2. The molecule has 0 aromatic heterocycles. The van der Waals surface area contributed by atoms with Crippen LogP contribution in [0.4, 0.5) is 11.4 Å². The zero-order chi connectivity index (χ0) is 13.2. The minimum Gasteiger partial charge on any atom is -0.493 e. The van der Waals surface area contributed by atoms with Crippen molar-refractivity contribution in [3.8, 4) is 5.75 Å². The minimum atomic E-state index is 0.294. The molecule has 19 heavy (non-hydrogen) atoms. The molecule has 98 valence electrons. The van der Waals surface area contributed by atoms with Crippen LogP contribution in [0.3, 0.4) is 0 Å². The molecule has 1 heterocycles. The summed E-state index contributed by atoms with van der Waals surface area (Å²) >= 11 is 2.31. The number of halogens is 1. The van der Waals surface area contributed by atoms with E-state index in [1.165, 1.54) is 5.56 Å². The molecule has 0 bridgehead atoms. The summed E-state index contributed by atoms with van der Waals surface area (Å²) in [6.07, 6.45) is 0.970. The molecule has 0 amide bonds. The Morgan fingerprint density at radius 3 is 2.89 bits per heavy atom. The third kappa shape index (κ3) is 2.63. The van der Waals surface area contributed by atoms with Crippen molar-refractivity contribution in [1.82, 2.24) is 0 Å². The predicted molar refractivity (Wildman–Crippen MR) is 86.5 cm³/mol. The highest BCUT2D eigenvalue weighted by Crippen LogP contribution is 2.35. The third-order valence-electron chi connectivity index (χ3n) is 3.28. The molecular weight excluding hydrogens is 351 g/mol. The highest BCUT2D eigenvalue weighted by Gasteiger charge is 2.21. The number of nitrogens with one attached hydrogen (secondary N) is 1. The van der Waals surface area contributed by atoms with Gasteiger partial charge in [0.1, 0.15) is 5.75 Å². The second kappa shape index (κ2) is 5.28. The molecule has 1 aliphatic heterocycles. The average Bonchev–Trinajstić information content (AvgIpc) is 2.42. The number of anilines is 2. The van der Waals surface area contributed by atoms with Gasteiger partial charge in [-0.2, -0.15) is 0 Å². The minimum absolute atomic E-state index is 0.294. The maximum atomic E-state index is 5.78. The van der Waals surface area contributed by atoms with E-state index in [4.69, 9.17) is 10.5 Å². The highest BCUT2D eigenvalue weighted by molar-refractivity contribution is 14.1. The van der Waals surface area contributed by atoms with Crippen molar-refractivity contribution >= 4 is 34.0 Å². The van der Waals surface area contributed by atoms with Crippen molar-refractivity contribution < 1.29 is 4.74 Å². The number of hydrogen-bond acceptors (Lipinski definition) is 3. The van der Waals surface area contributed by atoms with E-state index in [1.807, 2.05) is 30.3 Å². The number of fused-ring (bicyclic) bond motifs is 1. The molecule has 0 fully saturated rings. The Bertz CT molecular complexity index is 600. The Labute approximate surface area is 126 Å². The van der Waals surface area contributed by atoms with Gasteiger partial charge in [0.2, 0.25) is 0 Å². The average molecular weight is 366 g/mol. The molecule has 3 nitrogen and oxygen atoms in total. The van der Waals surface area contributed by atoms with E-state index in [0.717, 1.165) is 33.7 Å². The van der Waals surface area contributed by atoms with E-state index in [-0.39, 0.29) is 0 Å². The number of hydrogen-bond donors (Lipinski definition) is 2. The van der Waals surface area contributed by atoms with E-state index in [2.05, 4.69) is 40.0 Å². The van der Waals surface area contributed by atoms with Crippen LogP contribution in [0.15, 0.2) is 42.5 Å². The number of para-hydroxylation sites is 1. The SMILES string of the molecule is Nc1ccc(NC2CCOc3ccccc32)c(I)c1. The first-order valence-electron chi connectivity index (χ1n) is 6.27. The van der Waals surface area contributed by atoms with E-state index in [0.29, 0.717) is 6.04 Å². The van der Waals surface area contributed by atoms with Crippen LogP contribution in [0.5, 0.6) is 5.75 Å². The van der Waals surface area contributed by atoms with Gasteiger partial charge >= 0.3 is 0 Å². The summed E-state index contributed by atoms with van der Waals surface area (Å²) in [5.74, 6) is 0.983. The Morgan fingerprint density at radius 1 is 1.21 bits per heavy atom. The largest absolute Gasteiger partial charge is 0.493 e. The Kier molecular flexibility index (Phi) is 3.50. The smallest absolute Gasteiger partial charge is 0.124 e. The lowest BCUT2D eigenvalue weighted by molar-refractivity contribution is 0.274. The van der Waals surface area contributed by atoms with Gasteiger partial charge in [0, 0.05) is 26.9 Å². The van der Waals surface area contributed by atoms with Crippen LogP contribution in [0.2, 0.25) is 0 Å². The first-order chi connectivity index (χ1) is 9.24. The van der Waals surface area contributed by atoms with Gasteiger partial charge < -0.3 is 15.8 Å². The molecule has 0 aliphatic carbocycles. The fraction of sp³-hybridized carbons (Fsp3) is 0.200. The van der Waals surface area contributed by atoms with Crippen molar-refractivity contribution in [3.63, 3.8) is 0 Å². The lowest BCUT2D eigenvalue weighted by atomic mass is 10.0. The summed E-state index contributed by atoms with van der Waals surface area (Å²) in [4.78, 5) is 0. The molecule has 3 rings (SSSR count). The van der Waals surface area contributed by atoms with Gasteiger partial charge in [-0.05, 0) is 46.9 Å². The van der Waals surface area contributed by atoms with Crippen LogP contribution >= 0.6 is 22.6 Å². The fourth-order valence-electron chi connectivity index (χ4n) is 2.33. The molecule has 1 atom stereocenters. The molecule has 0 radical (unpaired) electrons. The van der Waals surface area contributed by atoms with Crippen LogP contribution in [0.1, 0.15) is 18.0 Å². The van der Waals surface area contributed by atoms with Crippen molar-refractivity contribution in [1.29, 1.82) is 0 Å². The maximum Gasteiger partial charge on any atom is 0.124 e. The van der Waals surface area contributed by atoms with Crippen molar-refractivity contribution in [2.75, 3.05) is 17.7 Å². The molecule has 4 heteroatoms. The molecule has 0 saturated heterocycles. The summed E-state index contributed by atoms with van der Waals surface area (Å²) in [5, 5.41) is 3.59. The van der Waals surface area contributed by atoms with Crippen LogP contribution in [0, 0.1) is 3.57 Å². The quantitative estimate of drug-likeness (QED) is 0.628. The number of nitrogen functional groups attached to an aromatic ring is 1. The Hall–Kier alpha value is -1.43. The van der Waals surface area contributed by atoms with Gasteiger partial charge in [-0.1, -0.05) is 18.2 Å². The molecule has 2 aromatic rings. The van der Waals surface area contributed by atoms with Gasteiger partial charge in [-0.3, -0.25) is 0 Å². The van der Waals surface area contributed by atoms with E-state index in [1.54, 1.807) is 0 Å². The zero-order valence-corrected chi connectivity index (χ0v) is 12.6.